The molecule has 0 amide bonds. The normalized spacial score (nSPS) is 12.7. The van der Waals surface area contributed by atoms with Crippen LogP contribution in [0.5, 0.6) is 0 Å². The Bertz CT molecular complexity index is 1270. The number of hydrogen-bond donors (Lipinski definition) is 0. The first-order valence-corrected chi connectivity index (χ1v) is 27.1. The second kappa shape index (κ2) is 53.2. The van der Waals surface area contributed by atoms with E-state index in [1.165, 1.54) is 89.9 Å². The lowest BCUT2D eigenvalue weighted by Gasteiger charge is -2.18. The number of rotatable bonds is 48. The Morgan fingerprint density at radius 1 is 0.323 bits per heavy atom. The van der Waals surface area contributed by atoms with Gasteiger partial charge in [-0.3, -0.25) is 14.4 Å². The maximum absolute atomic E-state index is 12.8. The lowest BCUT2D eigenvalue weighted by atomic mass is 10.0. The molecule has 0 aliphatic carbocycles. The van der Waals surface area contributed by atoms with Crippen LogP contribution >= 0.6 is 0 Å². The van der Waals surface area contributed by atoms with Gasteiger partial charge in [-0.2, -0.15) is 0 Å². The fraction of sp³-hybridized carbons (Fsp3) is 0.712. The molecule has 372 valence electrons. The molecular weight excluding hydrogens is 805 g/mol. The van der Waals surface area contributed by atoms with Gasteiger partial charge < -0.3 is 14.2 Å². The summed E-state index contributed by atoms with van der Waals surface area (Å²) in [6.07, 6.45) is 68.5. The van der Waals surface area contributed by atoms with E-state index in [0.29, 0.717) is 19.3 Å². The zero-order chi connectivity index (χ0) is 47.2. The van der Waals surface area contributed by atoms with E-state index < -0.39 is 6.10 Å². The van der Waals surface area contributed by atoms with Crippen molar-refractivity contribution in [2.75, 3.05) is 13.2 Å². The van der Waals surface area contributed by atoms with Crippen molar-refractivity contribution in [1.29, 1.82) is 0 Å². The maximum Gasteiger partial charge on any atom is 0.306 e. The second-order valence-electron chi connectivity index (χ2n) is 17.8. The molecule has 0 heterocycles. The Hall–Kier alpha value is -3.41. The van der Waals surface area contributed by atoms with E-state index in [9.17, 15) is 14.4 Å². The molecule has 0 rings (SSSR count). The van der Waals surface area contributed by atoms with Gasteiger partial charge in [0.15, 0.2) is 6.10 Å². The Kier molecular flexibility index (Phi) is 50.4. The van der Waals surface area contributed by atoms with Crippen LogP contribution in [0.1, 0.15) is 252 Å². The van der Waals surface area contributed by atoms with Crippen molar-refractivity contribution in [3.63, 3.8) is 0 Å². The zero-order valence-corrected chi connectivity index (χ0v) is 42.5. The largest absolute Gasteiger partial charge is 0.462 e. The lowest BCUT2D eigenvalue weighted by Crippen LogP contribution is -2.30. The topological polar surface area (TPSA) is 78.9 Å². The minimum atomic E-state index is -0.797. The molecule has 0 unspecified atom stereocenters. The fourth-order valence-electron chi connectivity index (χ4n) is 7.32. The van der Waals surface area contributed by atoms with Gasteiger partial charge in [0.05, 0.1) is 0 Å². The Morgan fingerprint density at radius 3 is 0.985 bits per heavy atom. The van der Waals surface area contributed by atoms with Crippen LogP contribution in [-0.2, 0) is 28.6 Å². The van der Waals surface area contributed by atoms with E-state index in [1.54, 1.807) is 0 Å². The number of allylic oxidation sites excluding steroid dienone is 14. The van der Waals surface area contributed by atoms with Gasteiger partial charge in [0.1, 0.15) is 13.2 Å². The summed E-state index contributed by atoms with van der Waals surface area (Å²) in [5.74, 6) is -0.939. The van der Waals surface area contributed by atoms with E-state index in [-0.39, 0.29) is 31.1 Å². The first-order chi connectivity index (χ1) is 32.0. The number of ether oxygens (including phenoxy) is 3. The average Bonchev–Trinajstić information content (AvgIpc) is 3.30. The van der Waals surface area contributed by atoms with Crippen LogP contribution < -0.4 is 0 Å². The van der Waals surface area contributed by atoms with E-state index in [1.807, 2.05) is 0 Å². The van der Waals surface area contributed by atoms with Crippen LogP contribution in [0.25, 0.3) is 0 Å². The second-order valence-corrected chi connectivity index (χ2v) is 17.8. The van der Waals surface area contributed by atoms with Gasteiger partial charge in [0.2, 0.25) is 0 Å². The first kappa shape index (κ1) is 61.6. The van der Waals surface area contributed by atoms with Crippen LogP contribution in [-0.4, -0.2) is 37.2 Å². The maximum atomic E-state index is 12.8. The Balaban J connectivity index is 4.46. The molecule has 6 nitrogen and oxygen atoms in total. The monoisotopic (exact) mass is 905 g/mol. The molecule has 0 aliphatic heterocycles. The molecule has 0 aliphatic rings. The highest BCUT2D eigenvalue weighted by atomic mass is 16.6. The molecule has 6 heteroatoms. The van der Waals surface area contributed by atoms with Crippen molar-refractivity contribution < 1.29 is 28.6 Å². The molecule has 0 saturated carbocycles. The molecule has 0 fully saturated rings. The SMILES string of the molecule is CC/C=C\C/C=C\C/C=C\CCCCCCCC(=O)O[C@H](COC(=O)CCCCC/C=C\C/C=C\C/C=C\C/C=C\CCCCC)COC(=O)CCCCCCCCCCCCCCC. The van der Waals surface area contributed by atoms with Gasteiger partial charge in [-0.05, 0) is 96.3 Å². The van der Waals surface area contributed by atoms with Crippen LogP contribution in [0.4, 0.5) is 0 Å². The molecule has 65 heavy (non-hydrogen) atoms. The summed E-state index contributed by atoms with van der Waals surface area (Å²) in [7, 11) is 0. The third-order valence-electron chi connectivity index (χ3n) is 11.4. The highest BCUT2D eigenvalue weighted by molar-refractivity contribution is 5.71. The quantitative estimate of drug-likeness (QED) is 0.0262. The van der Waals surface area contributed by atoms with Gasteiger partial charge in [-0.1, -0.05) is 221 Å². The zero-order valence-electron chi connectivity index (χ0n) is 42.5. The van der Waals surface area contributed by atoms with Crippen LogP contribution in [0, 0.1) is 0 Å². The highest BCUT2D eigenvalue weighted by Gasteiger charge is 2.19. The third-order valence-corrected chi connectivity index (χ3v) is 11.4. The first-order valence-electron chi connectivity index (χ1n) is 27.1. The van der Waals surface area contributed by atoms with Gasteiger partial charge in [-0.25, -0.2) is 0 Å². The van der Waals surface area contributed by atoms with Gasteiger partial charge in [-0.15, -0.1) is 0 Å². The average molecular weight is 905 g/mol. The van der Waals surface area contributed by atoms with Crippen LogP contribution in [0.2, 0.25) is 0 Å². The summed E-state index contributed by atoms with van der Waals surface area (Å²) in [6.45, 7) is 6.46. The highest BCUT2D eigenvalue weighted by Crippen LogP contribution is 2.15. The lowest BCUT2D eigenvalue weighted by molar-refractivity contribution is -0.167. The summed E-state index contributed by atoms with van der Waals surface area (Å²) >= 11 is 0. The summed E-state index contributed by atoms with van der Waals surface area (Å²) in [5.41, 5.74) is 0. The van der Waals surface area contributed by atoms with E-state index in [2.05, 4.69) is 106 Å². The van der Waals surface area contributed by atoms with E-state index >= 15 is 0 Å². The molecule has 0 spiro atoms. The number of unbranched alkanes of at least 4 members (excludes halogenated alkanes) is 23. The van der Waals surface area contributed by atoms with Crippen LogP contribution in [0.3, 0.4) is 0 Å². The molecule has 0 bridgehead atoms. The number of esters is 3. The number of carbonyl (C=O) groups excluding carboxylic acids is 3. The van der Waals surface area contributed by atoms with Gasteiger partial charge >= 0.3 is 17.9 Å². The van der Waals surface area contributed by atoms with Gasteiger partial charge in [0.25, 0.3) is 0 Å². The standard InChI is InChI=1S/C59H100O6/c1-4-7-10-13-16-19-22-25-27-28-29-30-32-34-37-40-43-46-49-52-58(61)64-55-56(54-63-57(60)51-48-45-42-39-36-33-24-21-18-15-12-9-6-3)65-59(62)53-50-47-44-41-38-35-31-26-23-20-17-14-11-8-5-2/h8,11,16-17,19-20,25-27,29-31,34,37,56H,4-7,9-10,12-15,18,21-24,28,32-33,35-36,38-55H2,1-3H3/b11-8-,19-16-,20-17-,27-25-,30-29-,31-26-,37-34-/t56-/m0/s1. The van der Waals surface area contributed by atoms with Crippen molar-refractivity contribution in [2.24, 2.45) is 0 Å². The molecule has 0 aromatic rings. The molecule has 0 radical (unpaired) electrons. The third kappa shape index (κ3) is 51.4. The van der Waals surface area contributed by atoms with Crippen molar-refractivity contribution in [3.05, 3.63) is 85.1 Å². The van der Waals surface area contributed by atoms with Crippen molar-refractivity contribution in [3.8, 4) is 0 Å². The van der Waals surface area contributed by atoms with Crippen LogP contribution in [0.15, 0.2) is 85.1 Å². The smallest absolute Gasteiger partial charge is 0.306 e. The fourth-order valence-corrected chi connectivity index (χ4v) is 7.32. The Morgan fingerprint density at radius 2 is 0.600 bits per heavy atom. The summed E-state index contributed by atoms with van der Waals surface area (Å²) in [5, 5.41) is 0. The molecular formula is C59H100O6. The molecule has 0 saturated heterocycles. The minimum Gasteiger partial charge on any atom is -0.462 e. The molecule has 0 aromatic carbocycles. The van der Waals surface area contributed by atoms with Crippen molar-refractivity contribution in [1.82, 2.24) is 0 Å². The molecule has 0 aromatic heterocycles. The summed E-state index contributed by atoms with van der Waals surface area (Å²) in [6, 6.07) is 0. The summed E-state index contributed by atoms with van der Waals surface area (Å²) < 4.78 is 16.8. The minimum absolute atomic E-state index is 0.0927. The van der Waals surface area contributed by atoms with Crippen molar-refractivity contribution in [2.45, 2.75) is 258 Å². The Labute approximate surface area is 401 Å². The predicted octanol–water partition coefficient (Wildman–Crippen LogP) is 18.0. The van der Waals surface area contributed by atoms with Crippen molar-refractivity contribution >= 4 is 17.9 Å². The molecule has 1 atom stereocenters. The molecule has 0 N–H and O–H groups in total. The van der Waals surface area contributed by atoms with E-state index in [0.717, 1.165) is 122 Å². The number of carbonyl (C=O) groups is 3. The van der Waals surface area contributed by atoms with Gasteiger partial charge in [0, 0.05) is 19.3 Å². The summed E-state index contributed by atoms with van der Waals surface area (Å²) in [4.78, 5) is 38.0. The van der Waals surface area contributed by atoms with E-state index in [4.69, 9.17) is 14.2 Å². The number of hydrogen-bond acceptors (Lipinski definition) is 6. The predicted molar refractivity (Wildman–Crippen MR) is 279 cm³/mol.